The van der Waals surface area contributed by atoms with E-state index in [-0.39, 0.29) is 21.1 Å². The summed E-state index contributed by atoms with van der Waals surface area (Å²) in [4.78, 5) is 10.6. The number of fused-ring (bicyclic) bond motifs is 7. The minimum absolute atomic E-state index is 0. The van der Waals surface area contributed by atoms with E-state index in [1.54, 1.807) is 0 Å². The maximum atomic E-state index is 6.73. The van der Waals surface area contributed by atoms with Gasteiger partial charge in [0.05, 0.1) is 33.2 Å². The molecule has 12 aromatic rings. The van der Waals surface area contributed by atoms with Crippen LogP contribution in [0.3, 0.4) is 0 Å². The fraction of sp³-hybridized carbons (Fsp3) is 0.0172. The van der Waals surface area contributed by atoms with Crippen molar-refractivity contribution in [1.29, 1.82) is 0 Å². The molecule has 9 aromatic carbocycles. The van der Waals surface area contributed by atoms with Crippen molar-refractivity contribution < 1.29 is 25.8 Å². The summed E-state index contributed by atoms with van der Waals surface area (Å²) in [5.74, 6) is 2.50. The van der Waals surface area contributed by atoms with Gasteiger partial charge >= 0.3 is 27.1 Å². The van der Waals surface area contributed by atoms with Crippen molar-refractivity contribution in [2.75, 3.05) is 0 Å². The fourth-order valence-electron chi connectivity index (χ4n) is 9.40. The summed E-state index contributed by atoms with van der Waals surface area (Å²) in [6.07, 6.45) is 0. The minimum atomic E-state index is 0. The molecule has 3 aromatic heterocycles. The molecule has 0 fully saturated rings. The van der Waals surface area contributed by atoms with Crippen LogP contribution < -0.4 is 13.9 Å². The Morgan fingerprint density at radius 1 is 0.507 bits per heavy atom. The summed E-state index contributed by atoms with van der Waals surface area (Å²) in [5.41, 5.74) is 15.9. The quantitative estimate of drug-likeness (QED) is 0.113. The van der Waals surface area contributed by atoms with Gasteiger partial charge in [0.15, 0.2) is 0 Å². The van der Waals surface area contributed by atoms with Gasteiger partial charge in [0.1, 0.15) is 5.69 Å². The number of hydrogen-bond acceptors (Lipinski definition) is 3. The van der Waals surface area contributed by atoms with E-state index in [1.807, 2.05) is 60.7 Å². The molecule has 0 N–H and O–H groups in total. The summed E-state index contributed by atoms with van der Waals surface area (Å²) in [6.45, 7) is 2.10. The first kappa shape index (κ1) is 40.1. The van der Waals surface area contributed by atoms with Gasteiger partial charge in [-0.3, -0.25) is 9.13 Å². The minimum Gasteiger partial charge on any atom is -0.509 e. The Labute approximate surface area is 400 Å². The second-order valence-electron chi connectivity index (χ2n) is 16.3. The number of rotatable bonds is 8. The van der Waals surface area contributed by atoms with Gasteiger partial charge in [-0.15, -0.1) is 24.3 Å². The van der Waals surface area contributed by atoms with E-state index in [0.717, 1.165) is 95.1 Å². The van der Waals surface area contributed by atoms with Crippen LogP contribution in [0.2, 0.25) is 0 Å². The SMILES string of the molecule is Cc1cccc2c1nc1n(-c3nc4ccccc4n3-c3ccccc3)c3[c-]c(Oc4[c-]c([N+]5=C=[N+](c6c(-c7ccccc7)cccc6-c6ccccc6)c6ccccc65)ccc4)ccc3n21.[Pt+2]. The standard InChI is InChI=1S/C58H37N7O.Pt/c1-39-18-15-33-53-55(39)60-58-64(53)52-35-34-45(37-54(52)65(58)57-59-48-29-11-12-30-49(48)63(57)42-23-9-4-10-24-42)66-44-26-16-25-43(36-44)61-38-62(51-32-14-13-31-50(51)61)56-46(40-19-5-2-6-20-40)27-17-28-47(56)41-21-7-3-8-22-41;/h2-35H,1H3;/q;+2. The molecule has 0 radical (unpaired) electrons. The van der Waals surface area contributed by atoms with E-state index in [4.69, 9.17) is 14.7 Å². The number of para-hydroxylation sites is 7. The van der Waals surface area contributed by atoms with Gasteiger partial charge in [0.25, 0.3) is 11.4 Å². The third-order valence-electron chi connectivity index (χ3n) is 12.4. The number of benzene rings is 9. The Balaban J connectivity index is 0.00000468. The molecule has 67 heavy (non-hydrogen) atoms. The van der Waals surface area contributed by atoms with E-state index >= 15 is 0 Å². The van der Waals surface area contributed by atoms with Crippen LogP contribution in [0.25, 0.3) is 72.8 Å². The normalized spacial score (nSPS) is 12.1. The second-order valence-corrected chi connectivity index (χ2v) is 16.3. The number of imidazole rings is 3. The van der Waals surface area contributed by atoms with Gasteiger partial charge < -0.3 is 9.14 Å². The fourth-order valence-corrected chi connectivity index (χ4v) is 9.40. The Kier molecular flexibility index (Phi) is 9.72. The van der Waals surface area contributed by atoms with E-state index in [0.29, 0.717) is 17.4 Å². The molecule has 0 spiro atoms. The van der Waals surface area contributed by atoms with Crippen molar-refractivity contribution in [3.63, 3.8) is 0 Å². The van der Waals surface area contributed by atoms with E-state index in [2.05, 4.69) is 193 Å². The van der Waals surface area contributed by atoms with Crippen molar-refractivity contribution in [1.82, 2.24) is 32.7 Å². The first-order chi connectivity index (χ1) is 32.7. The molecule has 0 atom stereocenters. The summed E-state index contributed by atoms with van der Waals surface area (Å²) < 4.78 is 17.5. The molecule has 318 valence electrons. The third kappa shape index (κ3) is 6.57. The molecule has 0 saturated carbocycles. The van der Waals surface area contributed by atoms with Gasteiger partial charge in [-0.05, 0) is 81.7 Å². The van der Waals surface area contributed by atoms with Gasteiger partial charge in [-0.25, -0.2) is 9.97 Å². The maximum absolute atomic E-state index is 6.73. The van der Waals surface area contributed by atoms with Crippen LogP contribution in [-0.4, -0.2) is 29.5 Å². The summed E-state index contributed by atoms with van der Waals surface area (Å²) >= 11 is 0. The summed E-state index contributed by atoms with van der Waals surface area (Å²) in [7, 11) is 0. The van der Waals surface area contributed by atoms with Crippen molar-refractivity contribution in [2.24, 2.45) is 0 Å². The topological polar surface area (TPSA) is 55.3 Å². The van der Waals surface area contributed by atoms with E-state index < -0.39 is 0 Å². The predicted molar refractivity (Wildman–Crippen MR) is 265 cm³/mol. The Morgan fingerprint density at radius 3 is 1.87 bits per heavy atom. The van der Waals surface area contributed by atoms with E-state index in [9.17, 15) is 0 Å². The monoisotopic (exact) mass is 1040 g/mol. The average molecular weight is 1040 g/mol. The van der Waals surface area contributed by atoms with E-state index in [1.165, 1.54) is 0 Å². The smallest absolute Gasteiger partial charge is 0.509 e. The molecule has 0 saturated heterocycles. The zero-order chi connectivity index (χ0) is 43.7. The molecule has 0 amide bonds. The Bertz CT molecular complexity index is 3900. The Morgan fingerprint density at radius 2 is 1.12 bits per heavy atom. The molecular formula is C58H37N7OPt+2. The second kappa shape index (κ2) is 16.2. The van der Waals surface area contributed by atoms with Crippen LogP contribution in [-0.2, 0) is 21.1 Å². The largest absolute Gasteiger partial charge is 2.00 e. The molecule has 0 unspecified atom stereocenters. The zero-order valence-corrected chi connectivity index (χ0v) is 38.3. The number of aryl methyl sites for hydroxylation is 1. The van der Waals surface area contributed by atoms with Gasteiger partial charge in [0, 0.05) is 29.3 Å². The number of ether oxygens (including phenoxy) is 1. The molecular weight excluding hydrogens is 1010 g/mol. The summed E-state index contributed by atoms with van der Waals surface area (Å²) in [5, 5.41) is 0. The number of nitrogens with zero attached hydrogens (tertiary/aromatic N) is 7. The first-order valence-corrected chi connectivity index (χ1v) is 21.9. The van der Waals surface area contributed by atoms with Crippen molar-refractivity contribution in [3.05, 3.63) is 224 Å². The number of hydrogen-bond donors (Lipinski definition) is 0. The maximum Gasteiger partial charge on any atom is 2.00 e. The predicted octanol–water partition coefficient (Wildman–Crippen LogP) is 13.7. The molecule has 0 bridgehead atoms. The molecule has 0 aliphatic carbocycles. The van der Waals surface area contributed by atoms with Crippen LogP contribution in [0, 0.1) is 19.1 Å². The van der Waals surface area contributed by atoms with Crippen molar-refractivity contribution in [2.45, 2.75) is 6.92 Å². The zero-order valence-electron chi connectivity index (χ0n) is 36.0. The Hall–Kier alpha value is -8.41. The average Bonchev–Trinajstić information content (AvgIpc) is 4.14. The molecule has 9 heteroatoms. The molecule has 1 aliphatic rings. The van der Waals surface area contributed by atoms with Crippen LogP contribution >= 0.6 is 0 Å². The van der Waals surface area contributed by atoms with Gasteiger partial charge in [0.2, 0.25) is 17.4 Å². The first-order valence-electron chi connectivity index (χ1n) is 21.9. The molecule has 13 rings (SSSR count). The molecule has 4 heterocycles. The molecule has 8 nitrogen and oxygen atoms in total. The van der Waals surface area contributed by atoms with Crippen LogP contribution in [0.5, 0.6) is 11.5 Å². The van der Waals surface area contributed by atoms with Crippen LogP contribution in [0.4, 0.5) is 22.7 Å². The summed E-state index contributed by atoms with van der Waals surface area (Å²) in [6, 6.07) is 81.9. The molecule has 1 aliphatic heterocycles. The third-order valence-corrected chi connectivity index (χ3v) is 12.4. The van der Waals surface area contributed by atoms with Crippen molar-refractivity contribution in [3.8, 4) is 45.4 Å². The van der Waals surface area contributed by atoms with Crippen molar-refractivity contribution >= 4 is 67.6 Å². The van der Waals surface area contributed by atoms with Gasteiger partial charge in [-0.2, -0.15) is 6.07 Å². The van der Waals surface area contributed by atoms with Gasteiger partial charge in [-0.1, -0.05) is 138 Å². The van der Waals surface area contributed by atoms with Crippen LogP contribution in [0.1, 0.15) is 5.56 Å². The van der Waals surface area contributed by atoms with Crippen LogP contribution in [0.15, 0.2) is 206 Å². The number of aromatic nitrogens is 5.